The first kappa shape index (κ1) is 22.0. The number of para-hydroxylation sites is 1. The summed E-state index contributed by atoms with van der Waals surface area (Å²) in [6.45, 7) is 5.51. The average Bonchev–Trinajstić information content (AvgIpc) is 2.78. The molecule has 3 atom stereocenters. The minimum Gasteiger partial charge on any atom is -0.496 e. The fraction of sp³-hybridized carbons (Fsp3) is 0.370. The van der Waals surface area contributed by atoms with Crippen LogP contribution in [-0.2, 0) is 14.3 Å². The van der Waals surface area contributed by atoms with Gasteiger partial charge in [-0.15, -0.1) is 0 Å². The number of hydrogen-bond donors (Lipinski definition) is 0. The molecule has 1 aliphatic carbocycles. The molecular weight excluding hydrogens is 402 g/mol. The number of nitrogens with zero attached hydrogens (tertiary/aromatic N) is 1. The van der Waals surface area contributed by atoms with Gasteiger partial charge in [0.15, 0.2) is 5.78 Å². The standard InChI is InChI=1S/C27H29NO4/c1-16(2)32-27(30)24-17(3)28-21-14-19(18-10-6-5-7-11-18)15-22(29)26(21)25(24)20-12-8-9-13-23(20)31-4/h5-13,16,19,24-25H,14-15H2,1-4H3/t19-,24?,25+/m1/s1. The summed E-state index contributed by atoms with van der Waals surface area (Å²) in [5.41, 5.74) is 4.02. The van der Waals surface area contributed by atoms with E-state index in [1.165, 1.54) is 0 Å². The molecule has 0 amide bonds. The van der Waals surface area contributed by atoms with Gasteiger partial charge in [0.25, 0.3) is 0 Å². The number of Topliss-reactive ketones (excluding diaryl/α,β-unsaturated/α-hetero) is 1. The molecule has 2 aromatic carbocycles. The molecule has 1 unspecified atom stereocenters. The number of rotatable bonds is 5. The summed E-state index contributed by atoms with van der Waals surface area (Å²) in [6.07, 6.45) is 0.809. The number of benzene rings is 2. The molecule has 32 heavy (non-hydrogen) atoms. The number of hydrogen-bond acceptors (Lipinski definition) is 5. The predicted octanol–water partition coefficient (Wildman–Crippen LogP) is 5.22. The zero-order valence-electron chi connectivity index (χ0n) is 19.0. The van der Waals surface area contributed by atoms with Crippen molar-refractivity contribution in [2.45, 2.75) is 51.6 Å². The maximum absolute atomic E-state index is 13.6. The third kappa shape index (κ3) is 4.12. The van der Waals surface area contributed by atoms with Gasteiger partial charge in [-0.05, 0) is 44.7 Å². The second-order valence-corrected chi connectivity index (χ2v) is 8.74. The summed E-state index contributed by atoms with van der Waals surface area (Å²) in [6, 6.07) is 17.7. The van der Waals surface area contributed by atoms with E-state index in [2.05, 4.69) is 12.1 Å². The highest BCUT2D eigenvalue weighted by Crippen LogP contribution is 2.48. The number of carbonyl (C=O) groups excluding carboxylic acids is 2. The quantitative estimate of drug-likeness (QED) is 0.609. The van der Waals surface area contributed by atoms with Gasteiger partial charge in [-0.25, -0.2) is 0 Å². The number of aliphatic imine (C=N–C) groups is 1. The highest BCUT2D eigenvalue weighted by Gasteiger charge is 2.45. The zero-order valence-corrected chi connectivity index (χ0v) is 19.0. The Kier molecular flexibility index (Phi) is 6.26. The lowest BCUT2D eigenvalue weighted by atomic mass is 9.69. The van der Waals surface area contributed by atoms with Crippen LogP contribution in [0.25, 0.3) is 0 Å². The van der Waals surface area contributed by atoms with Crippen LogP contribution in [0.5, 0.6) is 5.75 Å². The minimum atomic E-state index is -0.662. The third-order valence-corrected chi connectivity index (χ3v) is 6.24. The summed E-state index contributed by atoms with van der Waals surface area (Å²) in [5.74, 6) is -0.731. The third-order valence-electron chi connectivity index (χ3n) is 6.24. The smallest absolute Gasteiger partial charge is 0.315 e. The fourth-order valence-electron chi connectivity index (χ4n) is 4.89. The first-order valence-corrected chi connectivity index (χ1v) is 11.1. The van der Waals surface area contributed by atoms with Crippen molar-refractivity contribution in [3.63, 3.8) is 0 Å². The number of carbonyl (C=O) groups is 2. The van der Waals surface area contributed by atoms with Gasteiger partial charge in [0.05, 0.1) is 13.2 Å². The Morgan fingerprint density at radius 1 is 1.03 bits per heavy atom. The summed E-state index contributed by atoms with van der Waals surface area (Å²) in [4.78, 5) is 31.6. The first-order chi connectivity index (χ1) is 15.4. The van der Waals surface area contributed by atoms with E-state index < -0.39 is 11.8 Å². The van der Waals surface area contributed by atoms with Crippen molar-refractivity contribution in [1.82, 2.24) is 0 Å². The lowest BCUT2D eigenvalue weighted by Crippen LogP contribution is -2.39. The van der Waals surface area contributed by atoms with Crippen molar-refractivity contribution >= 4 is 17.5 Å². The van der Waals surface area contributed by atoms with Gasteiger partial charge in [0.2, 0.25) is 0 Å². The number of ketones is 1. The van der Waals surface area contributed by atoms with Crippen molar-refractivity contribution in [2.24, 2.45) is 10.9 Å². The van der Waals surface area contributed by atoms with Crippen molar-refractivity contribution in [2.75, 3.05) is 7.11 Å². The fourth-order valence-corrected chi connectivity index (χ4v) is 4.89. The SMILES string of the molecule is COc1ccccc1[C@@H]1C2=C(C[C@@H](c3ccccc3)CC2=O)N=C(C)C1C(=O)OC(C)C. The Hall–Kier alpha value is -3.21. The van der Waals surface area contributed by atoms with E-state index in [9.17, 15) is 9.59 Å². The maximum Gasteiger partial charge on any atom is 0.315 e. The molecule has 0 N–H and O–H groups in total. The molecule has 166 valence electrons. The molecule has 0 spiro atoms. The van der Waals surface area contributed by atoms with Gasteiger partial charge in [0.1, 0.15) is 11.7 Å². The Morgan fingerprint density at radius 3 is 2.41 bits per heavy atom. The Morgan fingerprint density at radius 2 is 1.72 bits per heavy atom. The average molecular weight is 432 g/mol. The van der Waals surface area contributed by atoms with Crippen LogP contribution in [0.15, 0.2) is 70.9 Å². The van der Waals surface area contributed by atoms with E-state index in [0.29, 0.717) is 29.9 Å². The first-order valence-electron chi connectivity index (χ1n) is 11.1. The van der Waals surface area contributed by atoms with Crippen LogP contribution >= 0.6 is 0 Å². The van der Waals surface area contributed by atoms with Crippen molar-refractivity contribution in [1.29, 1.82) is 0 Å². The van der Waals surface area contributed by atoms with Gasteiger partial charge in [0, 0.05) is 34.9 Å². The summed E-state index contributed by atoms with van der Waals surface area (Å²) in [7, 11) is 1.60. The van der Waals surface area contributed by atoms with Crippen molar-refractivity contribution in [3.05, 3.63) is 77.0 Å². The van der Waals surface area contributed by atoms with E-state index in [0.717, 1.165) is 16.8 Å². The number of allylic oxidation sites excluding steroid dienone is 2. The van der Waals surface area contributed by atoms with E-state index >= 15 is 0 Å². The minimum absolute atomic E-state index is 0.0367. The highest BCUT2D eigenvalue weighted by molar-refractivity contribution is 6.09. The molecule has 0 fully saturated rings. The molecule has 5 nitrogen and oxygen atoms in total. The number of ether oxygens (including phenoxy) is 2. The molecule has 0 radical (unpaired) electrons. The van der Waals surface area contributed by atoms with Crippen molar-refractivity contribution in [3.8, 4) is 5.75 Å². The molecule has 0 saturated heterocycles. The van der Waals surface area contributed by atoms with Gasteiger partial charge >= 0.3 is 5.97 Å². The summed E-state index contributed by atoms with van der Waals surface area (Å²) in [5, 5.41) is 0. The normalized spacial score (nSPS) is 23.0. The molecule has 0 bridgehead atoms. The predicted molar refractivity (Wildman–Crippen MR) is 124 cm³/mol. The molecule has 0 saturated carbocycles. The molecule has 2 aliphatic rings. The molecule has 1 heterocycles. The molecule has 0 aromatic heterocycles. The van der Waals surface area contributed by atoms with Crippen LogP contribution in [0.2, 0.25) is 0 Å². The molecular formula is C27H29NO4. The Bertz CT molecular complexity index is 1080. The lowest BCUT2D eigenvalue weighted by molar-refractivity contribution is -0.150. The maximum atomic E-state index is 13.6. The van der Waals surface area contributed by atoms with Crippen LogP contribution in [0.4, 0.5) is 0 Å². The van der Waals surface area contributed by atoms with Gasteiger partial charge < -0.3 is 9.47 Å². The van der Waals surface area contributed by atoms with E-state index in [1.807, 2.05) is 63.2 Å². The van der Waals surface area contributed by atoms with Gasteiger partial charge in [-0.3, -0.25) is 14.6 Å². The van der Waals surface area contributed by atoms with Crippen LogP contribution in [-0.4, -0.2) is 30.7 Å². The topological polar surface area (TPSA) is 65.0 Å². The number of esters is 1. The van der Waals surface area contributed by atoms with Crippen LogP contribution in [0, 0.1) is 5.92 Å². The van der Waals surface area contributed by atoms with Crippen LogP contribution < -0.4 is 4.74 Å². The largest absolute Gasteiger partial charge is 0.496 e. The molecule has 4 rings (SSSR count). The van der Waals surface area contributed by atoms with Gasteiger partial charge in [-0.2, -0.15) is 0 Å². The zero-order chi connectivity index (χ0) is 22.8. The molecule has 5 heteroatoms. The van der Waals surface area contributed by atoms with E-state index in [4.69, 9.17) is 14.5 Å². The summed E-state index contributed by atoms with van der Waals surface area (Å²) >= 11 is 0. The summed E-state index contributed by atoms with van der Waals surface area (Å²) < 4.78 is 11.2. The Labute approximate surface area is 189 Å². The number of methoxy groups -OCH3 is 1. The van der Waals surface area contributed by atoms with Crippen LogP contribution in [0.1, 0.15) is 56.6 Å². The molecule has 1 aliphatic heterocycles. The van der Waals surface area contributed by atoms with Crippen molar-refractivity contribution < 1.29 is 19.1 Å². The van der Waals surface area contributed by atoms with Gasteiger partial charge in [-0.1, -0.05) is 48.5 Å². The Balaban J connectivity index is 1.83. The highest BCUT2D eigenvalue weighted by atomic mass is 16.5. The van der Waals surface area contributed by atoms with Crippen LogP contribution in [0.3, 0.4) is 0 Å². The monoisotopic (exact) mass is 431 g/mol. The molecule has 2 aromatic rings. The second-order valence-electron chi connectivity index (χ2n) is 8.74. The second kappa shape index (κ2) is 9.11. The van der Waals surface area contributed by atoms with E-state index in [-0.39, 0.29) is 23.8 Å². The van der Waals surface area contributed by atoms with E-state index in [1.54, 1.807) is 7.11 Å². The lowest BCUT2D eigenvalue weighted by Gasteiger charge is -2.37.